The standard InChI is InChI=1S/C18H22O2S3/c1-15(2)12-21-22-18-10-6-9-17(11-18)14-23(19,20)13-16-7-4-3-5-8-16/h3-11,15H,12-14H2,1-2H3. The van der Waals surface area contributed by atoms with E-state index in [1.54, 1.807) is 10.8 Å². The Hall–Kier alpha value is -0.910. The fourth-order valence-electron chi connectivity index (χ4n) is 2.06. The Bertz CT molecular complexity index is 710. The number of benzene rings is 2. The van der Waals surface area contributed by atoms with Gasteiger partial charge in [0.05, 0.1) is 11.5 Å². The molecule has 0 unspecified atom stereocenters. The Morgan fingerprint density at radius 2 is 1.57 bits per heavy atom. The minimum atomic E-state index is -3.15. The van der Waals surface area contributed by atoms with Crippen molar-refractivity contribution in [1.29, 1.82) is 0 Å². The summed E-state index contributed by atoms with van der Waals surface area (Å²) < 4.78 is 24.7. The molecule has 23 heavy (non-hydrogen) atoms. The average molecular weight is 367 g/mol. The van der Waals surface area contributed by atoms with Gasteiger partial charge in [0.25, 0.3) is 0 Å². The lowest BCUT2D eigenvalue weighted by Crippen LogP contribution is -2.07. The molecule has 0 saturated carbocycles. The van der Waals surface area contributed by atoms with Gasteiger partial charge in [-0.15, -0.1) is 0 Å². The third kappa shape index (κ3) is 7.02. The molecule has 0 spiro atoms. The lowest BCUT2D eigenvalue weighted by Gasteiger charge is -2.07. The Balaban J connectivity index is 1.99. The van der Waals surface area contributed by atoms with E-state index in [1.807, 2.05) is 65.4 Å². The summed E-state index contributed by atoms with van der Waals surface area (Å²) in [6, 6.07) is 17.2. The lowest BCUT2D eigenvalue weighted by molar-refractivity contribution is 0.594. The molecular formula is C18H22O2S3. The van der Waals surface area contributed by atoms with Crippen LogP contribution in [0.4, 0.5) is 0 Å². The molecule has 124 valence electrons. The molecule has 0 aliphatic carbocycles. The van der Waals surface area contributed by atoms with Crippen LogP contribution < -0.4 is 0 Å². The molecule has 0 amide bonds. The van der Waals surface area contributed by atoms with Crippen molar-refractivity contribution >= 4 is 31.4 Å². The van der Waals surface area contributed by atoms with Gasteiger partial charge in [0.15, 0.2) is 9.84 Å². The molecule has 0 N–H and O–H groups in total. The third-order valence-electron chi connectivity index (χ3n) is 3.07. The summed E-state index contributed by atoms with van der Waals surface area (Å²) in [5, 5.41) is 0. The van der Waals surface area contributed by atoms with Crippen LogP contribution in [0.2, 0.25) is 0 Å². The van der Waals surface area contributed by atoms with Crippen LogP contribution in [0.15, 0.2) is 59.5 Å². The first-order chi connectivity index (χ1) is 10.9. The maximum Gasteiger partial charge on any atom is 0.158 e. The number of rotatable bonds is 8. The second-order valence-electron chi connectivity index (χ2n) is 5.93. The van der Waals surface area contributed by atoms with Gasteiger partial charge in [-0.05, 0) is 29.2 Å². The average Bonchev–Trinajstić information content (AvgIpc) is 2.47. The monoisotopic (exact) mass is 366 g/mol. The van der Waals surface area contributed by atoms with E-state index in [0.717, 1.165) is 21.8 Å². The van der Waals surface area contributed by atoms with E-state index in [-0.39, 0.29) is 11.5 Å². The molecule has 2 aromatic carbocycles. The number of hydrogen-bond donors (Lipinski definition) is 0. The van der Waals surface area contributed by atoms with E-state index in [1.165, 1.54) is 0 Å². The first-order valence-corrected chi connectivity index (χ1v) is 11.7. The van der Waals surface area contributed by atoms with Gasteiger partial charge in [-0.3, -0.25) is 0 Å². The molecule has 2 nitrogen and oxygen atoms in total. The van der Waals surface area contributed by atoms with E-state index in [4.69, 9.17) is 0 Å². The molecule has 0 aliphatic rings. The van der Waals surface area contributed by atoms with Crippen LogP contribution in [-0.4, -0.2) is 14.2 Å². The highest BCUT2D eigenvalue weighted by atomic mass is 33.1. The fourth-order valence-corrected chi connectivity index (χ4v) is 6.10. The van der Waals surface area contributed by atoms with Gasteiger partial charge >= 0.3 is 0 Å². The van der Waals surface area contributed by atoms with Crippen LogP contribution in [0.25, 0.3) is 0 Å². The normalized spacial score (nSPS) is 11.8. The van der Waals surface area contributed by atoms with Gasteiger partial charge in [0.1, 0.15) is 0 Å². The van der Waals surface area contributed by atoms with E-state index in [0.29, 0.717) is 5.92 Å². The molecule has 0 saturated heterocycles. The zero-order valence-corrected chi connectivity index (χ0v) is 15.9. The highest BCUT2D eigenvalue weighted by Gasteiger charge is 2.13. The molecule has 5 heteroatoms. The second-order valence-corrected chi connectivity index (χ2v) is 10.4. The second kappa shape index (κ2) is 8.81. The third-order valence-corrected chi connectivity index (χ3v) is 7.32. The minimum absolute atomic E-state index is 0.0884. The summed E-state index contributed by atoms with van der Waals surface area (Å²) in [4.78, 5) is 1.11. The zero-order valence-electron chi connectivity index (χ0n) is 13.4. The summed E-state index contributed by atoms with van der Waals surface area (Å²) in [5.74, 6) is 1.92. The summed E-state index contributed by atoms with van der Waals surface area (Å²) in [6.07, 6.45) is 0. The topological polar surface area (TPSA) is 34.1 Å². The molecule has 2 aromatic rings. The van der Waals surface area contributed by atoms with Crippen molar-refractivity contribution in [2.45, 2.75) is 30.2 Å². The molecule has 0 bridgehead atoms. The highest BCUT2D eigenvalue weighted by molar-refractivity contribution is 8.76. The first kappa shape index (κ1) is 18.4. The molecule has 0 fully saturated rings. The van der Waals surface area contributed by atoms with Crippen LogP contribution in [-0.2, 0) is 21.3 Å². The van der Waals surface area contributed by atoms with Crippen molar-refractivity contribution in [3.63, 3.8) is 0 Å². The van der Waals surface area contributed by atoms with Crippen molar-refractivity contribution in [3.05, 3.63) is 65.7 Å². The van der Waals surface area contributed by atoms with Crippen molar-refractivity contribution in [1.82, 2.24) is 0 Å². The SMILES string of the molecule is CC(C)CSSc1cccc(CS(=O)(=O)Cc2ccccc2)c1. The van der Waals surface area contributed by atoms with Crippen molar-refractivity contribution in [3.8, 4) is 0 Å². The maximum absolute atomic E-state index is 12.4. The Labute approximate surface area is 147 Å². The van der Waals surface area contributed by atoms with Gasteiger partial charge in [0.2, 0.25) is 0 Å². The van der Waals surface area contributed by atoms with Gasteiger partial charge in [0, 0.05) is 10.6 Å². The largest absolute Gasteiger partial charge is 0.228 e. The maximum atomic E-state index is 12.4. The predicted octanol–water partition coefficient (Wildman–Crippen LogP) is 5.20. The van der Waals surface area contributed by atoms with Gasteiger partial charge in [-0.1, -0.05) is 77.9 Å². The summed E-state index contributed by atoms with van der Waals surface area (Å²) in [6.45, 7) is 4.39. The van der Waals surface area contributed by atoms with Gasteiger partial charge in [-0.25, -0.2) is 8.42 Å². The predicted molar refractivity (Wildman–Crippen MR) is 102 cm³/mol. The zero-order chi connectivity index (χ0) is 16.7. The number of hydrogen-bond acceptors (Lipinski definition) is 4. The van der Waals surface area contributed by atoms with E-state index in [9.17, 15) is 8.42 Å². The Morgan fingerprint density at radius 1 is 0.913 bits per heavy atom. The van der Waals surface area contributed by atoms with Crippen LogP contribution in [0.3, 0.4) is 0 Å². The van der Waals surface area contributed by atoms with Gasteiger partial charge < -0.3 is 0 Å². The Morgan fingerprint density at radius 3 is 2.26 bits per heavy atom. The lowest BCUT2D eigenvalue weighted by atomic mass is 10.2. The van der Waals surface area contributed by atoms with Gasteiger partial charge in [-0.2, -0.15) is 0 Å². The van der Waals surface area contributed by atoms with E-state index >= 15 is 0 Å². The molecule has 2 rings (SSSR count). The minimum Gasteiger partial charge on any atom is -0.228 e. The molecular weight excluding hydrogens is 344 g/mol. The first-order valence-electron chi connectivity index (χ1n) is 7.57. The molecule has 0 heterocycles. The van der Waals surface area contributed by atoms with Crippen molar-refractivity contribution < 1.29 is 8.42 Å². The van der Waals surface area contributed by atoms with Crippen LogP contribution >= 0.6 is 21.6 Å². The molecule has 0 atom stereocenters. The highest BCUT2D eigenvalue weighted by Crippen LogP contribution is 2.33. The fraction of sp³-hybridized carbons (Fsp3) is 0.333. The van der Waals surface area contributed by atoms with Crippen LogP contribution in [0.5, 0.6) is 0 Å². The number of sulfone groups is 1. The molecule has 0 aromatic heterocycles. The van der Waals surface area contributed by atoms with Crippen molar-refractivity contribution in [2.75, 3.05) is 5.75 Å². The molecule has 0 aliphatic heterocycles. The van der Waals surface area contributed by atoms with E-state index in [2.05, 4.69) is 13.8 Å². The quantitative estimate of drug-likeness (QED) is 0.602. The smallest absolute Gasteiger partial charge is 0.158 e. The summed E-state index contributed by atoms with van der Waals surface area (Å²) in [5.41, 5.74) is 1.70. The van der Waals surface area contributed by atoms with Crippen LogP contribution in [0.1, 0.15) is 25.0 Å². The summed E-state index contributed by atoms with van der Waals surface area (Å²) in [7, 11) is 0.371. The van der Waals surface area contributed by atoms with E-state index < -0.39 is 9.84 Å². The molecule has 0 radical (unpaired) electrons. The summed E-state index contributed by atoms with van der Waals surface area (Å²) >= 11 is 0. The van der Waals surface area contributed by atoms with Crippen LogP contribution in [0, 0.1) is 5.92 Å². The van der Waals surface area contributed by atoms with Crippen molar-refractivity contribution in [2.24, 2.45) is 5.92 Å². The Kier molecular flexibility index (Phi) is 7.06.